The van der Waals surface area contributed by atoms with E-state index < -0.39 is 5.97 Å². The Balaban J connectivity index is 1.28. The summed E-state index contributed by atoms with van der Waals surface area (Å²) in [5.74, 6) is 0.113. The summed E-state index contributed by atoms with van der Waals surface area (Å²) in [6.07, 6.45) is 3.55. The number of carbonyl (C=O) groups is 1. The molecule has 0 saturated carbocycles. The molecule has 1 saturated heterocycles. The summed E-state index contributed by atoms with van der Waals surface area (Å²) in [6, 6.07) is 22.9. The molecule has 1 N–H and O–H groups in total. The quantitative estimate of drug-likeness (QED) is 0.484. The predicted molar refractivity (Wildman–Crippen MR) is 128 cm³/mol. The second-order valence-corrected chi connectivity index (χ2v) is 8.52. The van der Waals surface area contributed by atoms with Crippen LogP contribution in [0.3, 0.4) is 0 Å². The number of benzene rings is 3. The van der Waals surface area contributed by atoms with Crippen LogP contribution in [0.5, 0.6) is 5.75 Å². The van der Waals surface area contributed by atoms with E-state index in [1.165, 1.54) is 16.3 Å². The number of fused-ring (bicyclic) bond motifs is 1. The molecule has 168 valence electrons. The van der Waals surface area contributed by atoms with Crippen LogP contribution in [0.25, 0.3) is 10.8 Å². The average Bonchev–Trinajstić information content (AvgIpc) is 2.83. The summed E-state index contributed by atoms with van der Waals surface area (Å²) in [5.41, 5.74) is 2.55. The van der Waals surface area contributed by atoms with Crippen molar-refractivity contribution < 1.29 is 19.4 Å². The monoisotopic (exact) mass is 433 g/mol. The molecule has 0 radical (unpaired) electrons. The number of carboxylic acid groups (broad SMARTS) is 1. The first-order valence-electron chi connectivity index (χ1n) is 11.4. The molecule has 5 nitrogen and oxygen atoms in total. The first-order valence-corrected chi connectivity index (χ1v) is 11.4. The van der Waals surface area contributed by atoms with Gasteiger partial charge in [-0.1, -0.05) is 55.8 Å². The SMILES string of the molecule is C[C@@H](CCCC1CN(c2ccc(OCC(=O)O)cc2)CCO1)c1cccc2ccccc12. The van der Waals surface area contributed by atoms with Crippen LogP contribution >= 0.6 is 0 Å². The van der Waals surface area contributed by atoms with Crippen molar-refractivity contribution in [3.05, 3.63) is 72.3 Å². The Kier molecular flexibility index (Phi) is 7.28. The third kappa shape index (κ3) is 5.60. The molecule has 0 spiro atoms. The minimum absolute atomic E-state index is 0.228. The molecule has 1 aliphatic heterocycles. The highest BCUT2D eigenvalue weighted by atomic mass is 16.5. The summed E-state index contributed by atoms with van der Waals surface area (Å²) >= 11 is 0. The molecule has 32 heavy (non-hydrogen) atoms. The average molecular weight is 434 g/mol. The highest BCUT2D eigenvalue weighted by Gasteiger charge is 2.21. The van der Waals surface area contributed by atoms with E-state index >= 15 is 0 Å². The van der Waals surface area contributed by atoms with Gasteiger partial charge in [0.25, 0.3) is 0 Å². The summed E-state index contributed by atoms with van der Waals surface area (Å²) in [7, 11) is 0. The van der Waals surface area contributed by atoms with Crippen LogP contribution in [0.4, 0.5) is 5.69 Å². The number of nitrogens with zero attached hydrogens (tertiary/aromatic N) is 1. The van der Waals surface area contributed by atoms with Gasteiger partial charge in [0.05, 0.1) is 12.7 Å². The van der Waals surface area contributed by atoms with Crippen molar-refractivity contribution in [1.29, 1.82) is 0 Å². The van der Waals surface area contributed by atoms with Crippen LogP contribution in [0.2, 0.25) is 0 Å². The van der Waals surface area contributed by atoms with E-state index in [4.69, 9.17) is 14.6 Å². The lowest BCUT2D eigenvalue weighted by molar-refractivity contribution is -0.139. The van der Waals surface area contributed by atoms with E-state index in [0.717, 1.165) is 44.6 Å². The Morgan fingerprint density at radius 2 is 1.91 bits per heavy atom. The number of morpholine rings is 1. The van der Waals surface area contributed by atoms with Crippen LogP contribution in [0.15, 0.2) is 66.7 Å². The lowest BCUT2D eigenvalue weighted by Crippen LogP contribution is -2.42. The third-order valence-electron chi connectivity index (χ3n) is 6.22. The molecular formula is C27H31NO4. The minimum atomic E-state index is -0.972. The van der Waals surface area contributed by atoms with E-state index in [1.807, 2.05) is 24.3 Å². The molecular weight excluding hydrogens is 402 g/mol. The van der Waals surface area contributed by atoms with Gasteiger partial charge in [-0.05, 0) is 59.4 Å². The van der Waals surface area contributed by atoms with Gasteiger partial charge in [0, 0.05) is 18.8 Å². The van der Waals surface area contributed by atoms with Crippen LogP contribution in [-0.4, -0.2) is 43.5 Å². The van der Waals surface area contributed by atoms with Crippen LogP contribution in [-0.2, 0) is 9.53 Å². The number of ether oxygens (including phenoxy) is 2. The van der Waals surface area contributed by atoms with Crippen molar-refractivity contribution in [3.63, 3.8) is 0 Å². The molecule has 3 aromatic rings. The van der Waals surface area contributed by atoms with Crippen molar-refractivity contribution in [3.8, 4) is 5.75 Å². The Morgan fingerprint density at radius 3 is 2.72 bits per heavy atom. The summed E-state index contributed by atoms with van der Waals surface area (Å²) in [6.45, 7) is 4.46. The van der Waals surface area contributed by atoms with Crippen molar-refractivity contribution in [1.82, 2.24) is 0 Å². The zero-order valence-electron chi connectivity index (χ0n) is 18.6. The predicted octanol–water partition coefficient (Wildman–Crippen LogP) is 5.48. The lowest BCUT2D eigenvalue weighted by Gasteiger charge is -2.35. The molecule has 0 bridgehead atoms. The van der Waals surface area contributed by atoms with Gasteiger partial charge in [-0.3, -0.25) is 0 Å². The van der Waals surface area contributed by atoms with Gasteiger partial charge < -0.3 is 19.5 Å². The number of anilines is 1. The number of aliphatic carboxylic acids is 1. The molecule has 0 aromatic heterocycles. The summed E-state index contributed by atoms with van der Waals surface area (Å²) < 4.78 is 11.3. The van der Waals surface area contributed by atoms with Crippen molar-refractivity contribution >= 4 is 22.4 Å². The maximum Gasteiger partial charge on any atom is 0.341 e. The zero-order valence-corrected chi connectivity index (χ0v) is 18.6. The fraction of sp³-hybridized carbons (Fsp3) is 0.370. The fourth-order valence-corrected chi connectivity index (χ4v) is 4.51. The number of hydrogen-bond acceptors (Lipinski definition) is 4. The summed E-state index contributed by atoms with van der Waals surface area (Å²) in [4.78, 5) is 13.0. The van der Waals surface area contributed by atoms with E-state index in [0.29, 0.717) is 11.7 Å². The standard InChI is InChI=1S/C27H31NO4/c1-20(25-11-5-8-21-7-2-3-10-26(21)25)6-4-9-24-18-28(16-17-31-24)22-12-14-23(15-13-22)32-19-27(29)30/h2-3,5,7-8,10-15,20,24H,4,6,9,16-19H2,1H3,(H,29,30)/t20-,24?/m0/s1. The van der Waals surface area contributed by atoms with Crippen LogP contribution < -0.4 is 9.64 Å². The Morgan fingerprint density at radius 1 is 1.12 bits per heavy atom. The van der Waals surface area contributed by atoms with Gasteiger partial charge >= 0.3 is 5.97 Å². The molecule has 1 aliphatic rings. The third-order valence-corrected chi connectivity index (χ3v) is 6.22. The first-order chi connectivity index (χ1) is 15.6. The normalized spacial score (nSPS) is 17.3. The van der Waals surface area contributed by atoms with Gasteiger partial charge in [-0.15, -0.1) is 0 Å². The van der Waals surface area contributed by atoms with Crippen molar-refractivity contribution in [2.45, 2.75) is 38.2 Å². The molecule has 0 aliphatic carbocycles. The first kappa shape index (κ1) is 22.2. The lowest BCUT2D eigenvalue weighted by atomic mass is 9.90. The van der Waals surface area contributed by atoms with Crippen LogP contribution in [0, 0.1) is 0 Å². The van der Waals surface area contributed by atoms with Crippen molar-refractivity contribution in [2.24, 2.45) is 0 Å². The second kappa shape index (κ2) is 10.5. The smallest absolute Gasteiger partial charge is 0.341 e. The zero-order chi connectivity index (χ0) is 22.3. The largest absolute Gasteiger partial charge is 0.482 e. The van der Waals surface area contributed by atoms with Crippen molar-refractivity contribution in [2.75, 3.05) is 31.2 Å². The van der Waals surface area contributed by atoms with Crippen LogP contribution in [0.1, 0.15) is 37.7 Å². The fourth-order valence-electron chi connectivity index (χ4n) is 4.51. The van der Waals surface area contributed by atoms with E-state index in [-0.39, 0.29) is 12.7 Å². The van der Waals surface area contributed by atoms with Gasteiger partial charge in [-0.2, -0.15) is 0 Å². The number of carboxylic acids is 1. The van der Waals surface area contributed by atoms with Gasteiger partial charge in [0.15, 0.2) is 6.61 Å². The van der Waals surface area contributed by atoms with E-state index in [9.17, 15) is 4.79 Å². The topological polar surface area (TPSA) is 59.0 Å². The molecule has 5 heteroatoms. The molecule has 2 atom stereocenters. The number of hydrogen-bond donors (Lipinski definition) is 1. The van der Waals surface area contributed by atoms with E-state index in [2.05, 4.69) is 54.3 Å². The Labute approximate surface area is 189 Å². The molecule has 0 amide bonds. The minimum Gasteiger partial charge on any atom is -0.482 e. The maximum atomic E-state index is 10.6. The molecule has 1 unspecified atom stereocenters. The maximum absolute atomic E-state index is 10.6. The highest BCUT2D eigenvalue weighted by molar-refractivity contribution is 5.86. The highest BCUT2D eigenvalue weighted by Crippen LogP contribution is 2.30. The summed E-state index contributed by atoms with van der Waals surface area (Å²) in [5, 5.41) is 11.4. The molecule has 1 heterocycles. The van der Waals surface area contributed by atoms with E-state index in [1.54, 1.807) is 0 Å². The van der Waals surface area contributed by atoms with Gasteiger partial charge in [0.1, 0.15) is 5.75 Å². The molecule has 1 fully saturated rings. The number of rotatable bonds is 9. The molecule has 3 aromatic carbocycles. The second-order valence-electron chi connectivity index (χ2n) is 8.52. The van der Waals surface area contributed by atoms with Gasteiger partial charge in [0.2, 0.25) is 0 Å². The van der Waals surface area contributed by atoms with Gasteiger partial charge in [-0.25, -0.2) is 4.79 Å². The molecule has 4 rings (SSSR count). The Hall–Kier alpha value is -3.05. The Bertz CT molecular complexity index is 1030.